The lowest BCUT2D eigenvalue weighted by atomic mass is 9.76. The molecule has 1 heterocycles. The number of aromatic nitrogens is 2. The molecule has 3 aromatic rings. The molecule has 5 heteroatoms. The molecule has 0 radical (unpaired) electrons. The van der Waals surface area contributed by atoms with E-state index in [1.807, 2.05) is 32.0 Å². The molecule has 1 aliphatic carbocycles. The minimum Gasteiger partial charge on any atom is -0.302 e. The van der Waals surface area contributed by atoms with Crippen molar-refractivity contribution in [3.63, 3.8) is 0 Å². The molecular formula is C21H18F2N2O. The number of halogens is 2. The summed E-state index contributed by atoms with van der Waals surface area (Å²) in [4.78, 5) is 12.2. The molecule has 3 nitrogen and oxygen atoms in total. The van der Waals surface area contributed by atoms with Gasteiger partial charge in [-0.15, -0.1) is 0 Å². The van der Waals surface area contributed by atoms with E-state index in [9.17, 15) is 13.6 Å². The normalized spacial score (nSPS) is 18.8. The molecular weight excluding hydrogens is 334 g/mol. The van der Waals surface area contributed by atoms with Crippen molar-refractivity contribution in [1.29, 1.82) is 0 Å². The van der Waals surface area contributed by atoms with Gasteiger partial charge in [-0.25, -0.2) is 13.5 Å². The Morgan fingerprint density at radius 1 is 1.15 bits per heavy atom. The van der Waals surface area contributed by atoms with Gasteiger partial charge in [-0.3, -0.25) is 0 Å². The highest BCUT2D eigenvalue weighted by Gasteiger charge is 2.42. The first-order valence-corrected chi connectivity index (χ1v) is 8.49. The van der Waals surface area contributed by atoms with Crippen molar-refractivity contribution in [2.75, 3.05) is 0 Å². The zero-order valence-corrected chi connectivity index (χ0v) is 14.6. The maximum Gasteiger partial charge on any atom is 0.151 e. The minimum absolute atomic E-state index is 0.190. The van der Waals surface area contributed by atoms with E-state index in [4.69, 9.17) is 0 Å². The van der Waals surface area contributed by atoms with Crippen LogP contribution < -0.4 is 0 Å². The highest BCUT2D eigenvalue weighted by atomic mass is 19.1. The molecule has 0 N–H and O–H groups in total. The van der Waals surface area contributed by atoms with Crippen molar-refractivity contribution in [2.45, 2.75) is 32.1 Å². The van der Waals surface area contributed by atoms with Crippen LogP contribution in [0, 0.1) is 25.5 Å². The fourth-order valence-corrected chi connectivity index (χ4v) is 3.93. The number of nitrogens with zero attached hydrogens (tertiary/aromatic N) is 2. The van der Waals surface area contributed by atoms with Gasteiger partial charge < -0.3 is 4.79 Å². The number of hydrogen-bond acceptors (Lipinski definition) is 2. The number of carbonyl (C=O) groups excluding carboxylic acids is 1. The first kappa shape index (κ1) is 16.6. The Balaban J connectivity index is 1.81. The van der Waals surface area contributed by atoms with Gasteiger partial charge in [0.2, 0.25) is 0 Å². The van der Waals surface area contributed by atoms with Gasteiger partial charge in [0.05, 0.1) is 11.6 Å². The van der Waals surface area contributed by atoms with E-state index in [1.165, 1.54) is 16.8 Å². The Morgan fingerprint density at radius 3 is 2.69 bits per heavy atom. The monoisotopic (exact) mass is 352 g/mol. The van der Waals surface area contributed by atoms with Gasteiger partial charge in [0.25, 0.3) is 0 Å². The van der Waals surface area contributed by atoms with Crippen molar-refractivity contribution in [1.82, 2.24) is 9.78 Å². The second kappa shape index (κ2) is 5.87. The molecule has 0 fully saturated rings. The summed E-state index contributed by atoms with van der Waals surface area (Å²) in [5.74, 6) is -1.31. The summed E-state index contributed by atoms with van der Waals surface area (Å²) in [6, 6.07) is 9.39. The zero-order valence-electron chi connectivity index (χ0n) is 14.6. The number of hydrogen-bond donors (Lipinski definition) is 0. The molecule has 1 aromatic heterocycles. The molecule has 0 bridgehead atoms. The molecule has 4 rings (SSSR count). The lowest BCUT2D eigenvalue weighted by Crippen LogP contribution is -2.30. The summed E-state index contributed by atoms with van der Waals surface area (Å²) >= 11 is 0. The second-order valence-corrected chi connectivity index (χ2v) is 7.00. The SMILES string of the molecule is Cc1cccc([C@]2(C=O)Cc3cnn(-c4ccc(F)cc4F)c3C2)c1C. The molecule has 132 valence electrons. The summed E-state index contributed by atoms with van der Waals surface area (Å²) in [6.07, 6.45) is 3.64. The molecule has 0 unspecified atom stereocenters. The molecule has 0 spiro atoms. The van der Waals surface area contributed by atoms with Crippen LogP contribution in [0.25, 0.3) is 5.69 Å². The Hall–Kier alpha value is -2.82. The highest BCUT2D eigenvalue weighted by Crippen LogP contribution is 2.41. The third-order valence-corrected chi connectivity index (χ3v) is 5.45. The van der Waals surface area contributed by atoms with Gasteiger partial charge in [-0.2, -0.15) is 5.10 Å². The number of benzene rings is 2. The predicted octanol–water partition coefficient (Wildman–Crippen LogP) is 4.00. The Morgan fingerprint density at radius 2 is 1.96 bits per heavy atom. The van der Waals surface area contributed by atoms with E-state index in [1.54, 1.807) is 6.20 Å². The summed E-state index contributed by atoms with van der Waals surface area (Å²) in [5.41, 5.74) is 4.45. The van der Waals surface area contributed by atoms with E-state index in [0.717, 1.165) is 40.3 Å². The van der Waals surface area contributed by atoms with Gasteiger partial charge in [0, 0.05) is 18.2 Å². The van der Waals surface area contributed by atoms with Gasteiger partial charge in [-0.1, -0.05) is 18.2 Å². The van der Waals surface area contributed by atoms with Crippen LogP contribution >= 0.6 is 0 Å². The predicted molar refractivity (Wildman–Crippen MR) is 94.5 cm³/mol. The minimum atomic E-state index is -0.679. The van der Waals surface area contributed by atoms with Crippen LogP contribution in [0.15, 0.2) is 42.6 Å². The number of aldehydes is 1. The van der Waals surface area contributed by atoms with Crippen LogP contribution in [0.2, 0.25) is 0 Å². The van der Waals surface area contributed by atoms with Crippen LogP contribution in [-0.4, -0.2) is 16.1 Å². The maximum absolute atomic E-state index is 14.2. The summed E-state index contributed by atoms with van der Waals surface area (Å²) < 4.78 is 28.9. The summed E-state index contributed by atoms with van der Waals surface area (Å²) in [6.45, 7) is 4.04. The number of aryl methyl sites for hydroxylation is 1. The van der Waals surface area contributed by atoms with Crippen molar-refractivity contribution < 1.29 is 13.6 Å². The van der Waals surface area contributed by atoms with Crippen molar-refractivity contribution in [3.8, 4) is 5.69 Å². The molecule has 2 aromatic carbocycles. The second-order valence-electron chi connectivity index (χ2n) is 7.00. The molecule has 1 atom stereocenters. The van der Waals surface area contributed by atoms with Gasteiger partial charge >= 0.3 is 0 Å². The van der Waals surface area contributed by atoms with Crippen molar-refractivity contribution >= 4 is 6.29 Å². The van der Waals surface area contributed by atoms with E-state index >= 15 is 0 Å². The Kier molecular flexibility index (Phi) is 3.75. The van der Waals surface area contributed by atoms with Crippen LogP contribution in [0.3, 0.4) is 0 Å². The molecule has 0 aliphatic heterocycles. The van der Waals surface area contributed by atoms with Gasteiger partial charge in [0.15, 0.2) is 5.82 Å². The van der Waals surface area contributed by atoms with E-state index in [2.05, 4.69) is 5.10 Å². The third-order valence-electron chi connectivity index (χ3n) is 5.45. The largest absolute Gasteiger partial charge is 0.302 e. The number of carbonyl (C=O) groups is 1. The quantitative estimate of drug-likeness (QED) is 0.668. The Bertz CT molecular complexity index is 1020. The average Bonchev–Trinajstić information content (AvgIpc) is 3.16. The maximum atomic E-state index is 14.2. The van der Waals surface area contributed by atoms with E-state index < -0.39 is 17.0 Å². The first-order valence-electron chi connectivity index (χ1n) is 8.49. The zero-order chi connectivity index (χ0) is 18.5. The van der Waals surface area contributed by atoms with Crippen molar-refractivity contribution in [2.24, 2.45) is 0 Å². The highest BCUT2D eigenvalue weighted by molar-refractivity contribution is 5.73. The van der Waals surface area contributed by atoms with Crippen LogP contribution in [0.1, 0.15) is 27.9 Å². The lowest BCUT2D eigenvalue weighted by molar-refractivity contribution is -0.112. The topological polar surface area (TPSA) is 34.9 Å². The van der Waals surface area contributed by atoms with Crippen LogP contribution in [0.4, 0.5) is 8.78 Å². The molecule has 0 saturated heterocycles. The average molecular weight is 352 g/mol. The third kappa shape index (κ3) is 2.38. The van der Waals surface area contributed by atoms with Gasteiger partial charge in [-0.05, 0) is 54.7 Å². The number of rotatable bonds is 3. The smallest absolute Gasteiger partial charge is 0.151 e. The van der Waals surface area contributed by atoms with Crippen molar-refractivity contribution in [3.05, 3.63) is 82.2 Å². The molecule has 1 aliphatic rings. The van der Waals surface area contributed by atoms with E-state index in [-0.39, 0.29) is 5.69 Å². The number of fused-ring (bicyclic) bond motifs is 1. The molecule has 0 saturated carbocycles. The Labute approximate surface area is 150 Å². The first-order chi connectivity index (χ1) is 12.4. The summed E-state index contributed by atoms with van der Waals surface area (Å²) in [7, 11) is 0. The fraction of sp³-hybridized carbons (Fsp3) is 0.238. The molecule has 0 amide bonds. The van der Waals surface area contributed by atoms with E-state index in [0.29, 0.717) is 12.8 Å². The van der Waals surface area contributed by atoms with Crippen LogP contribution in [0.5, 0.6) is 0 Å². The summed E-state index contributed by atoms with van der Waals surface area (Å²) in [5, 5.41) is 4.27. The lowest BCUT2D eigenvalue weighted by Gasteiger charge is -2.26. The molecule has 26 heavy (non-hydrogen) atoms. The standard InChI is InChI=1S/C21H18F2N2O/c1-13-4-3-5-17(14(13)2)21(12-26)9-15-11-24-25(20(15)10-21)19-7-6-16(22)8-18(19)23/h3-8,11-12H,9-10H2,1-2H3/t21-/m1/s1. The van der Waals surface area contributed by atoms with Gasteiger partial charge in [0.1, 0.15) is 17.8 Å². The van der Waals surface area contributed by atoms with Crippen LogP contribution in [-0.2, 0) is 23.1 Å². The fourth-order valence-electron chi connectivity index (χ4n) is 3.93.